The van der Waals surface area contributed by atoms with E-state index < -0.39 is 25.7 Å². The fourth-order valence-electron chi connectivity index (χ4n) is 1.08. The highest BCUT2D eigenvalue weighted by Gasteiger charge is 2.37. The van der Waals surface area contributed by atoms with Crippen LogP contribution in [-0.2, 0) is 15.2 Å². The van der Waals surface area contributed by atoms with Crippen molar-refractivity contribution in [2.24, 2.45) is 0 Å². The molecule has 1 aromatic heterocycles. The molecule has 0 fully saturated rings. The Balaban J connectivity index is 3.63. The number of rotatable bonds is 1. The minimum atomic E-state index is -4.77. The van der Waals surface area contributed by atoms with Crippen LogP contribution in [0, 0.1) is 6.92 Å². The van der Waals surface area contributed by atoms with E-state index in [-0.39, 0.29) is 5.69 Å². The van der Waals surface area contributed by atoms with Crippen LogP contribution in [0.2, 0.25) is 0 Å². The molecule has 84 valence electrons. The average Bonchev–Trinajstić information content (AvgIpc) is 1.99. The third-order valence-electron chi connectivity index (χ3n) is 1.63. The van der Waals surface area contributed by atoms with Gasteiger partial charge in [0.05, 0.1) is 11.3 Å². The summed E-state index contributed by atoms with van der Waals surface area (Å²) in [6.07, 6.45) is -3.89. The zero-order valence-corrected chi connectivity index (χ0v) is 8.91. The van der Waals surface area contributed by atoms with E-state index in [2.05, 4.69) is 4.98 Å². The second-order valence-corrected chi connectivity index (χ2v) is 5.21. The molecule has 0 saturated carbocycles. The summed E-state index contributed by atoms with van der Waals surface area (Å²) in [7, 11) is 0.450. The molecule has 1 aromatic rings. The normalized spacial score (nSPS) is 12.9. The van der Waals surface area contributed by atoms with Gasteiger partial charge < -0.3 is 0 Å². The molecule has 0 spiro atoms. The van der Waals surface area contributed by atoms with E-state index in [1.807, 2.05) is 0 Å². The van der Waals surface area contributed by atoms with Crippen LogP contribution >= 0.6 is 10.7 Å². The van der Waals surface area contributed by atoms with Gasteiger partial charge in [0.1, 0.15) is 4.90 Å². The summed E-state index contributed by atoms with van der Waals surface area (Å²) in [6, 6.07) is 0.572. The molecule has 0 atom stereocenters. The lowest BCUT2D eigenvalue weighted by Crippen LogP contribution is -2.12. The first-order valence-corrected chi connectivity index (χ1v) is 5.92. The predicted molar refractivity (Wildman–Crippen MR) is 47.0 cm³/mol. The SMILES string of the molecule is Cc1nccc(C(F)(F)F)c1S(=O)(=O)Cl. The van der Waals surface area contributed by atoms with Crippen LogP contribution in [0.4, 0.5) is 13.2 Å². The van der Waals surface area contributed by atoms with Crippen molar-refractivity contribution in [3.05, 3.63) is 23.5 Å². The summed E-state index contributed by atoms with van der Waals surface area (Å²) in [5.74, 6) is 0. The Hall–Kier alpha value is -0.820. The number of hydrogen-bond donors (Lipinski definition) is 0. The Morgan fingerprint density at radius 2 is 1.93 bits per heavy atom. The Bertz CT molecular complexity index is 483. The Labute approximate surface area is 88.3 Å². The molecule has 0 aliphatic heterocycles. The summed E-state index contributed by atoms with van der Waals surface area (Å²) < 4.78 is 59.1. The van der Waals surface area contributed by atoms with Gasteiger partial charge in [-0.3, -0.25) is 4.98 Å². The van der Waals surface area contributed by atoms with Crippen LogP contribution in [0.3, 0.4) is 0 Å². The van der Waals surface area contributed by atoms with Crippen molar-refractivity contribution in [1.29, 1.82) is 0 Å². The maximum atomic E-state index is 12.4. The summed E-state index contributed by atoms with van der Waals surface area (Å²) >= 11 is 0. The van der Waals surface area contributed by atoms with Crippen LogP contribution in [0.1, 0.15) is 11.3 Å². The summed E-state index contributed by atoms with van der Waals surface area (Å²) in [5.41, 5.74) is -1.58. The highest BCUT2D eigenvalue weighted by atomic mass is 35.7. The number of hydrogen-bond acceptors (Lipinski definition) is 3. The molecule has 15 heavy (non-hydrogen) atoms. The van der Waals surface area contributed by atoms with Crippen LogP contribution in [0.25, 0.3) is 0 Å². The molecule has 0 aromatic carbocycles. The van der Waals surface area contributed by atoms with Gasteiger partial charge in [0, 0.05) is 16.9 Å². The third-order valence-corrected chi connectivity index (χ3v) is 3.10. The molecule has 0 radical (unpaired) electrons. The van der Waals surface area contributed by atoms with Crippen molar-refractivity contribution < 1.29 is 21.6 Å². The molecule has 3 nitrogen and oxygen atoms in total. The van der Waals surface area contributed by atoms with Gasteiger partial charge in [0.2, 0.25) is 0 Å². The first-order valence-electron chi connectivity index (χ1n) is 3.61. The van der Waals surface area contributed by atoms with Gasteiger partial charge in [0.15, 0.2) is 0 Å². The van der Waals surface area contributed by atoms with Crippen molar-refractivity contribution in [2.75, 3.05) is 0 Å². The van der Waals surface area contributed by atoms with Crippen molar-refractivity contribution in [3.63, 3.8) is 0 Å². The van der Waals surface area contributed by atoms with Gasteiger partial charge in [-0.1, -0.05) is 0 Å². The van der Waals surface area contributed by atoms with E-state index in [1.165, 1.54) is 0 Å². The second-order valence-electron chi connectivity index (χ2n) is 2.71. The highest BCUT2D eigenvalue weighted by molar-refractivity contribution is 8.13. The van der Waals surface area contributed by atoms with E-state index in [0.717, 1.165) is 13.1 Å². The lowest BCUT2D eigenvalue weighted by Gasteiger charge is -2.11. The molecule has 0 aliphatic rings. The zero-order valence-electron chi connectivity index (χ0n) is 7.34. The van der Waals surface area contributed by atoms with Gasteiger partial charge in [-0.05, 0) is 13.0 Å². The number of pyridine rings is 1. The predicted octanol–water partition coefficient (Wildman–Crippen LogP) is 2.34. The van der Waals surface area contributed by atoms with Gasteiger partial charge >= 0.3 is 6.18 Å². The zero-order chi connectivity index (χ0) is 11.9. The van der Waals surface area contributed by atoms with E-state index in [4.69, 9.17) is 10.7 Å². The number of nitrogens with zero attached hydrogens (tertiary/aromatic N) is 1. The van der Waals surface area contributed by atoms with Gasteiger partial charge in [-0.2, -0.15) is 13.2 Å². The molecular weight excluding hydrogens is 255 g/mol. The van der Waals surface area contributed by atoms with Crippen LogP contribution in [0.5, 0.6) is 0 Å². The smallest absolute Gasteiger partial charge is 0.260 e. The van der Waals surface area contributed by atoms with Crippen LogP contribution in [0.15, 0.2) is 17.2 Å². The minimum absolute atomic E-state index is 0.278. The Kier molecular flexibility index (Phi) is 2.97. The monoisotopic (exact) mass is 259 g/mol. The molecular formula is C7H5ClF3NO2S. The molecule has 1 rings (SSSR count). The van der Waals surface area contributed by atoms with E-state index in [0.29, 0.717) is 6.07 Å². The molecule has 8 heteroatoms. The summed E-state index contributed by atoms with van der Waals surface area (Å²) in [5, 5.41) is 0. The van der Waals surface area contributed by atoms with Crippen molar-refractivity contribution >= 4 is 19.7 Å². The molecule has 0 unspecified atom stereocenters. The number of halogens is 4. The average molecular weight is 260 g/mol. The molecule has 0 aliphatic carbocycles. The Morgan fingerprint density at radius 3 is 2.27 bits per heavy atom. The lowest BCUT2D eigenvalue weighted by atomic mass is 10.2. The molecule has 0 amide bonds. The standard InChI is InChI=1S/C7H5ClF3NO2S/c1-4-6(15(8,13)14)5(2-3-12-4)7(9,10)11/h2-3H,1H3. The maximum absolute atomic E-state index is 12.4. The van der Waals surface area contributed by atoms with Crippen LogP contribution < -0.4 is 0 Å². The maximum Gasteiger partial charge on any atom is 0.417 e. The van der Waals surface area contributed by atoms with E-state index in [9.17, 15) is 21.6 Å². The van der Waals surface area contributed by atoms with Crippen LogP contribution in [-0.4, -0.2) is 13.4 Å². The summed E-state index contributed by atoms with van der Waals surface area (Å²) in [6.45, 7) is 1.14. The fourth-order valence-corrected chi connectivity index (χ4v) is 2.52. The topological polar surface area (TPSA) is 47.0 Å². The second kappa shape index (κ2) is 3.64. The quantitative estimate of drug-likeness (QED) is 0.727. The lowest BCUT2D eigenvalue weighted by molar-refractivity contribution is -0.140. The van der Waals surface area contributed by atoms with E-state index in [1.54, 1.807) is 0 Å². The van der Waals surface area contributed by atoms with Gasteiger partial charge in [-0.15, -0.1) is 0 Å². The fraction of sp³-hybridized carbons (Fsp3) is 0.286. The minimum Gasteiger partial charge on any atom is -0.260 e. The van der Waals surface area contributed by atoms with E-state index >= 15 is 0 Å². The van der Waals surface area contributed by atoms with Crippen molar-refractivity contribution in [3.8, 4) is 0 Å². The number of alkyl halides is 3. The van der Waals surface area contributed by atoms with Gasteiger partial charge in [0.25, 0.3) is 9.05 Å². The summed E-state index contributed by atoms with van der Waals surface area (Å²) in [4.78, 5) is 2.47. The largest absolute Gasteiger partial charge is 0.417 e. The number of aromatic nitrogens is 1. The Morgan fingerprint density at radius 1 is 1.40 bits per heavy atom. The number of aryl methyl sites for hydroxylation is 1. The first kappa shape index (κ1) is 12.3. The highest BCUT2D eigenvalue weighted by Crippen LogP contribution is 2.36. The molecule has 0 saturated heterocycles. The molecule has 0 N–H and O–H groups in total. The third kappa shape index (κ3) is 2.60. The molecule has 0 bridgehead atoms. The van der Waals surface area contributed by atoms with Crippen molar-refractivity contribution in [1.82, 2.24) is 4.98 Å². The first-order chi connectivity index (χ1) is 6.64. The van der Waals surface area contributed by atoms with Gasteiger partial charge in [-0.25, -0.2) is 8.42 Å². The van der Waals surface area contributed by atoms with Crippen molar-refractivity contribution in [2.45, 2.75) is 18.0 Å². The molecule has 1 heterocycles.